The zero-order chi connectivity index (χ0) is 15.6. The molecule has 1 heterocycles. The summed E-state index contributed by atoms with van der Waals surface area (Å²) in [5.41, 5.74) is 2.45. The molecule has 0 aromatic heterocycles. The van der Waals surface area contributed by atoms with E-state index >= 15 is 0 Å². The highest BCUT2D eigenvalue weighted by atomic mass is 16.2. The van der Waals surface area contributed by atoms with E-state index in [9.17, 15) is 4.79 Å². The Hall–Kier alpha value is -1.35. The highest BCUT2D eigenvalue weighted by molar-refractivity contribution is 5.84. The van der Waals surface area contributed by atoms with Crippen LogP contribution < -0.4 is 5.32 Å². The second-order valence-corrected chi connectivity index (χ2v) is 6.21. The van der Waals surface area contributed by atoms with E-state index in [4.69, 9.17) is 0 Å². The zero-order valence-corrected chi connectivity index (χ0v) is 13.9. The molecule has 1 saturated heterocycles. The third-order valence-electron chi connectivity index (χ3n) is 4.96. The van der Waals surface area contributed by atoms with Gasteiger partial charge in [-0.2, -0.15) is 0 Å². The van der Waals surface area contributed by atoms with Crippen molar-refractivity contribution in [3.8, 4) is 0 Å². The third kappa shape index (κ3) is 2.98. The van der Waals surface area contributed by atoms with Crippen LogP contribution in [0, 0.1) is 12.8 Å². The van der Waals surface area contributed by atoms with Crippen LogP contribution in [0.3, 0.4) is 0 Å². The van der Waals surface area contributed by atoms with Gasteiger partial charge in [-0.05, 0) is 37.8 Å². The number of carbonyl (C=O) groups excluding carboxylic acids is 1. The van der Waals surface area contributed by atoms with Gasteiger partial charge in [0.25, 0.3) is 0 Å². The van der Waals surface area contributed by atoms with Crippen molar-refractivity contribution in [2.75, 3.05) is 0 Å². The van der Waals surface area contributed by atoms with Crippen LogP contribution in [0.25, 0.3) is 0 Å². The molecule has 2 rings (SSSR count). The monoisotopic (exact) mass is 288 g/mol. The average Bonchev–Trinajstić information content (AvgIpc) is 2.76. The fraction of sp³-hybridized carbons (Fsp3) is 0.611. The average molecular weight is 288 g/mol. The summed E-state index contributed by atoms with van der Waals surface area (Å²) in [6, 6.07) is 8.50. The van der Waals surface area contributed by atoms with Crippen molar-refractivity contribution in [1.29, 1.82) is 0 Å². The Kier molecular flexibility index (Phi) is 5.04. The Morgan fingerprint density at radius 1 is 1.24 bits per heavy atom. The topological polar surface area (TPSA) is 32.3 Å². The van der Waals surface area contributed by atoms with Crippen LogP contribution in [0.4, 0.5) is 0 Å². The lowest BCUT2D eigenvalue weighted by Crippen LogP contribution is -2.42. The molecule has 0 aliphatic carbocycles. The molecule has 21 heavy (non-hydrogen) atoms. The lowest BCUT2D eigenvalue weighted by atomic mass is 9.93. The molecule has 0 radical (unpaired) electrons. The predicted octanol–water partition coefficient (Wildman–Crippen LogP) is 3.64. The summed E-state index contributed by atoms with van der Waals surface area (Å²) < 4.78 is 0. The first-order chi connectivity index (χ1) is 10.0. The molecular weight excluding hydrogens is 260 g/mol. The molecule has 1 aromatic rings. The molecule has 1 amide bonds. The first-order valence-corrected chi connectivity index (χ1v) is 8.14. The van der Waals surface area contributed by atoms with E-state index < -0.39 is 0 Å². The quantitative estimate of drug-likeness (QED) is 0.897. The SMILES string of the molecule is CCC(CC)C(C)N1C(=O)C(C)NC1c1ccccc1C. The minimum atomic E-state index is -0.105. The summed E-state index contributed by atoms with van der Waals surface area (Å²) in [6.07, 6.45) is 2.22. The first kappa shape index (κ1) is 16.0. The van der Waals surface area contributed by atoms with Crippen LogP contribution in [0.5, 0.6) is 0 Å². The van der Waals surface area contributed by atoms with Crippen LogP contribution in [0.1, 0.15) is 57.8 Å². The Labute approximate surface area is 128 Å². The molecule has 1 aromatic carbocycles. The van der Waals surface area contributed by atoms with Crippen molar-refractivity contribution in [2.24, 2.45) is 5.92 Å². The number of hydrogen-bond acceptors (Lipinski definition) is 2. The zero-order valence-electron chi connectivity index (χ0n) is 13.9. The lowest BCUT2D eigenvalue weighted by Gasteiger charge is -2.35. The molecule has 116 valence electrons. The smallest absolute Gasteiger partial charge is 0.241 e. The summed E-state index contributed by atoms with van der Waals surface area (Å²) >= 11 is 0. The summed E-state index contributed by atoms with van der Waals surface area (Å²) in [4.78, 5) is 14.7. The fourth-order valence-electron chi connectivity index (χ4n) is 3.51. The van der Waals surface area contributed by atoms with Gasteiger partial charge in [0.05, 0.1) is 6.04 Å². The minimum Gasteiger partial charge on any atom is -0.319 e. The first-order valence-electron chi connectivity index (χ1n) is 8.14. The third-order valence-corrected chi connectivity index (χ3v) is 4.96. The van der Waals surface area contributed by atoms with Gasteiger partial charge in [0.2, 0.25) is 5.91 Å². The Morgan fingerprint density at radius 3 is 2.43 bits per heavy atom. The standard InChI is InChI=1S/C18H28N2O/c1-6-15(7-2)14(5)20-17(19-13(4)18(20)21)16-11-9-8-10-12(16)3/h8-11,13-15,17,19H,6-7H2,1-5H3. The van der Waals surface area contributed by atoms with Crippen molar-refractivity contribution in [2.45, 2.75) is 65.7 Å². The van der Waals surface area contributed by atoms with Gasteiger partial charge in [-0.25, -0.2) is 0 Å². The summed E-state index contributed by atoms with van der Waals surface area (Å²) in [6.45, 7) is 10.7. The van der Waals surface area contributed by atoms with Gasteiger partial charge in [0, 0.05) is 6.04 Å². The molecule has 1 aliphatic heterocycles. The minimum absolute atomic E-state index is 0.00398. The Morgan fingerprint density at radius 2 is 1.86 bits per heavy atom. The van der Waals surface area contributed by atoms with Crippen LogP contribution in [-0.4, -0.2) is 22.9 Å². The number of carbonyl (C=O) groups is 1. The highest BCUT2D eigenvalue weighted by Gasteiger charge is 2.41. The van der Waals surface area contributed by atoms with Gasteiger partial charge < -0.3 is 4.90 Å². The van der Waals surface area contributed by atoms with Gasteiger partial charge in [0.1, 0.15) is 6.17 Å². The van der Waals surface area contributed by atoms with Crippen LogP contribution in [-0.2, 0) is 4.79 Å². The number of hydrogen-bond donors (Lipinski definition) is 1. The van der Waals surface area contributed by atoms with Crippen molar-refractivity contribution >= 4 is 5.91 Å². The molecule has 0 bridgehead atoms. The molecule has 3 atom stereocenters. The number of nitrogens with one attached hydrogen (secondary N) is 1. The molecule has 1 N–H and O–H groups in total. The van der Waals surface area contributed by atoms with Crippen LogP contribution in [0.2, 0.25) is 0 Å². The van der Waals surface area contributed by atoms with Gasteiger partial charge >= 0.3 is 0 Å². The maximum Gasteiger partial charge on any atom is 0.241 e. The van der Waals surface area contributed by atoms with Crippen molar-refractivity contribution < 1.29 is 4.79 Å². The number of benzene rings is 1. The molecule has 3 nitrogen and oxygen atoms in total. The van der Waals surface area contributed by atoms with E-state index in [2.05, 4.69) is 56.1 Å². The normalized spacial score (nSPS) is 23.9. The van der Waals surface area contributed by atoms with Gasteiger partial charge in [0.15, 0.2) is 0 Å². The van der Waals surface area contributed by atoms with Crippen LogP contribution >= 0.6 is 0 Å². The molecular formula is C18H28N2O. The summed E-state index contributed by atoms with van der Waals surface area (Å²) in [5.74, 6) is 0.773. The molecule has 3 unspecified atom stereocenters. The second-order valence-electron chi connectivity index (χ2n) is 6.21. The number of nitrogens with zero attached hydrogens (tertiary/aromatic N) is 1. The van der Waals surface area contributed by atoms with E-state index in [1.54, 1.807) is 0 Å². The number of aryl methyl sites for hydroxylation is 1. The van der Waals surface area contributed by atoms with E-state index in [0.717, 1.165) is 12.8 Å². The predicted molar refractivity (Wildman–Crippen MR) is 86.9 cm³/mol. The Bertz CT molecular complexity index is 496. The van der Waals surface area contributed by atoms with Crippen molar-refractivity contribution in [3.63, 3.8) is 0 Å². The highest BCUT2D eigenvalue weighted by Crippen LogP contribution is 2.33. The van der Waals surface area contributed by atoms with Gasteiger partial charge in [-0.3, -0.25) is 10.1 Å². The molecule has 0 spiro atoms. The summed E-state index contributed by atoms with van der Waals surface area (Å²) in [7, 11) is 0. The van der Waals surface area contributed by atoms with Gasteiger partial charge in [-0.15, -0.1) is 0 Å². The molecule has 3 heteroatoms. The van der Waals surface area contributed by atoms with Gasteiger partial charge in [-0.1, -0.05) is 51.0 Å². The van der Waals surface area contributed by atoms with Crippen LogP contribution in [0.15, 0.2) is 24.3 Å². The second kappa shape index (κ2) is 6.61. The maximum atomic E-state index is 12.6. The van der Waals surface area contributed by atoms with Crippen molar-refractivity contribution in [1.82, 2.24) is 10.2 Å². The van der Waals surface area contributed by atoms with E-state index in [0.29, 0.717) is 5.92 Å². The summed E-state index contributed by atoms with van der Waals surface area (Å²) in [5, 5.41) is 3.47. The molecule has 1 fully saturated rings. The number of amides is 1. The number of rotatable bonds is 5. The van der Waals surface area contributed by atoms with E-state index in [-0.39, 0.29) is 24.2 Å². The maximum absolute atomic E-state index is 12.6. The van der Waals surface area contributed by atoms with Crippen molar-refractivity contribution in [3.05, 3.63) is 35.4 Å². The fourth-order valence-corrected chi connectivity index (χ4v) is 3.51. The van der Waals surface area contributed by atoms with E-state index in [1.165, 1.54) is 11.1 Å². The molecule has 0 saturated carbocycles. The molecule has 1 aliphatic rings. The largest absolute Gasteiger partial charge is 0.319 e. The lowest BCUT2D eigenvalue weighted by molar-refractivity contribution is -0.133. The van der Waals surface area contributed by atoms with E-state index in [1.807, 2.05) is 13.0 Å². The Balaban J connectivity index is 2.35.